The van der Waals surface area contributed by atoms with Crippen LogP contribution in [0.5, 0.6) is 0 Å². The van der Waals surface area contributed by atoms with E-state index in [1.165, 1.54) is 0 Å². The summed E-state index contributed by atoms with van der Waals surface area (Å²) in [7, 11) is 3.28. The number of methoxy groups -OCH3 is 1. The van der Waals surface area contributed by atoms with Crippen LogP contribution in [0.4, 0.5) is 0 Å². The third-order valence-electron chi connectivity index (χ3n) is 2.68. The third kappa shape index (κ3) is 2.47. The number of amides is 1. The third-order valence-corrected chi connectivity index (χ3v) is 2.68. The van der Waals surface area contributed by atoms with Gasteiger partial charge in [-0.2, -0.15) is 0 Å². The molecule has 86 valence electrons. The summed E-state index contributed by atoms with van der Waals surface area (Å²) in [5, 5.41) is 5.75. The monoisotopic (exact) mass is 213 g/mol. The molecule has 1 unspecified atom stereocenters. The average Bonchev–Trinajstić information content (AvgIpc) is 2.42. The summed E-state index contributed by atoms with van der Waals surface area (Å²) in [5.41, 5.74) is -0.989. The molecule has 1 heterocycles. The van der Waals surface area contributed by atoms with Gasteiger partial charge in [0.05, 0.1) is 5.60 Å². The van der Waals surface area contributed by atoms with E-state index in [0.717, 1.165) is 0 Å². The van der Waals surface area contributed by atoms with Gasteiger partial charge in [-0.05, 0) is 20.8 Å². The molecule has 0 aliphatic carbocycles. The van der Waals surface area contributed by atoms with E-state index in [4.69, 9.17) is 4.74 Å². The van der Waals surface area contributed by atoms with Crippen molar-refractivity contribution in [1.29, 1.82) is 0 Å². The van der Waals surface area contributed by atoms with Gasteiger partial charge in [-0.3, -0.25) is 15.1 Å². The molecule has 0 saturated carbocycles. The molecule has 15 heavy (non-hydrogen) atoms. The number of rotatable bonds is 3. The maximum absolute atomic E-state index is 11.7. The van der Waals surface area contributed by atoms with E-state index in [1.54, 1.807) is 14.2 Å². The van der Waals surface area contributed by atoms with Crippen LogP contribution in [0.3, 0.4) is 0 Å². The summed E-state index contributed by atoms with van der Waals surface area (Å²) in [6.45, 7) is 5.75. The number of ether oxygens (including phenoxy) is 1. The Morgan fingerprint density at radius 2 is 2.13 bits per heavy atom. The van der Waals surface area contributed by atoms with E-state index < -0.39 is 5.54 Å². The molecule has 1 rings (SSSR count). The highest BCUT2D eigenvalue weighted by molar-refractivity contribution is 6.08. The molecule has 0 bridgehead atoms. The summed E-state index contributed by atoms with van der Waals surface area (Å²) < 4.78 is 5.32. The van der Waals surface area contributed by atoms with Crippen LogP contribution in [0, 0.1) is 0 Å². The van der Waals surface area contributed by atoms with E-state index in [-0.39, 0.29) is 11.5 Å². The highest BCUT2D eigenvalue weighted by atomic mass is 16.5. The number of carbonyl (C=O) groups excluding carboxylic acids is 1. The fourth-order valence-corrected chi connectivity index (χ4v) is 1.75. The second kappa shape index (κ2) is 3.81. The van der Waals surface area contributed by atoms with Crippen molar-refractivity contribution in [1.82, 2.24) is 10.6 Å². The minimum absolute atomic E-state index is 0.0618. The van der Waals surface area contributed by atoms with Crippen LogP contribution >= 0.6 is 0 Å². The van der Waals surface area contributed by atoms with E-state index in [2.05, 4.69) is 15.6 Å². The quantitative estimate of drug-likeness (QED) is 0.707. The van der Waals surface area contributed by atoms with Gasteiger partial charge >= 0.3 is 0 Å². The van der Waals surface area contributed by atoms with Crippen LogP contribution in [0.25, 0.3) is 0 Å². The normalized spacial score (nSPS) is 29.1. The highest BCUT2D eigenvalue weighted by Crippen LogP contribution is 2.25. The van der Waals surface area contributed by atoms with E-state index in [9.17, 15) is 4.79 Å². The lowest BCUT2D eigenvalue weighted by molar-refractivity contribution is -0.126. The van der Waals surface area contributed by atoms with Gasteiger partial charge in [0.15, 0.2) is 5.96 Å². The molecule has 0 aromatic rings. The molecule has 0 aromatic carbocycles. The van der Waals surface area contributed by atoms with Gasteiger partial charge < -0.3 is 10.1 Å². The Balaban J connectivity index is 2.80. The van der Waals surface area contributed by atoms with Crippen LogP contribution in [0.2, 0.25) is 0 Å². The molecule has 5 heteroatoms. The first-order chi connectivity index (χ1) is 6.83. The maximum Gasteiger partial charge on any atom is 0.252 e. The van der Waals surface area contributed by atoms with Gasteiger partial charge in [0.1, 0.15) is 5.54 Å². The standard InChI is InChI=1S/C10H19N3O2/c1-9(2,15-5)6-10(3)7(14)12-8(11-4)13-10/h6H2,1-5H3,(H2,11,12,13,14). The summed E-state index contributed by atoms with van der Waals surface area (Å²) in [5.74, 6) is 0.461. The van der Waals surface area contributed by atoms with Gasteiger partial charge in [-0.1, -0.05) is 0 Å². The molecule has 1 amide bonds. The second-order valence-electron chi connectivity index (χ2n) is 4.62. The van der Waals surface area contributed by atoms with Crippen molar-refractivity contribution in [2.45, 2.75) is 38.3 Å². The Morgan fingerprint density at radius 3 is 2.53 bits per heavy atom. The van der Waals surface area contributed by atoms with Crippen LogP contribution in [0.15, 0.2) is 4.99 Å². The fraction of sp³-hybridized carbons (Fsp3) is 0.800. The molecule has 0 radical (unpaired) electrons. The molecular weight excluding hydrogens is 194 g/mol. The van der Waals surface area contributed by atoms with Gasteiger partial charge in [0.25, 0.3) is 5.91 Å². The molecule has 2 N–H and O–H groups in total. The number of hydrogen-bond donors (Lipinski definition) is 2. The van der Waals surface area contributed by atoms with Crippen molar-refractivity contribution in [3.05, 3.63) is 0 Å². The SMILES string of the molecule is CN=C1NC(=O)C(C)(CC(C)(C)OC)N1. The lowest BCUT2D eigenvalue weighted by Crippen LogP contribution is -2.49. The lowest BCUT2D eigenvalue weighted by Gasteiger charge is -2.31. The first kappa shape index (κ1) is 12.0. The zero-order chi connectivity index (χ0) is 11.7. The van der Waals surface area contributed by atoms with Crippen molar-refractivity contribution < 1.29 is 9.53 Å². The minimum atomic E-state index is -0.644. The zero-order valence-electron chi connectivity index (χ0n) is 9.97. The summed E-state index contributed by atoms with van der Waals surface area (Å²) >= 11 is 0. The number of nitrogens with one attached hydrogen (secondary N) is 2. The van der Waals surface area contributed by atoms with Crippen molar-refractivity contribution in [3.63, 3.8) is 0 Å². The molecule has 1 saturated heterocycles. The molecule has 0 spiro atoms. The predicted octanol–water partition coefficient (Wildman–Crippen LogP) is 0.265. The van der Waals surface area contributed by atoms with Crippen molar-refractivity contribution in [3.8, 4) is 0 Å². The summed E-state index contributed by atoms with van der Waals surface area (Å²) in [4.78, 5) is 15.7. The topological polar surface area (TPSA) is 62.7 Å². The van der Waals surface area contributed by atoms with Gasteiger partial charge in [-0.15, -0.1) is 0 Å². The fourth-order valence-electron chi connectivity index (χ4n) is 1.75. The van der Waals surface area contributed by atoms with Gasteiger partial charge in [0, 0.05) is 20.6 Å². The second-order valence-corrected chi connectivity index (χ2v) is 4.62. The molecule has 1 atom stereocenters. The van der Waals surface area contributed by atoms with Crippen molar-refractivity contribution in [2.24, 2.45) is 4.99 Å². The Hall–Kier alpha value is -1.10. The zero-order valence-corrected chi connectivity index (χ0v) is 9.97. The van der Waals surface area contributed by atoms with Crippen molar-refractivity contribution >= 4 is 11.9 Å². The first-order valence-electron chi connectivity index (χ1n) is 4.94. The average molecular weight is 213 g/mol. The van der Waals surface area contributed by atoms with Crippen LogP contribution in [-0.2, 0) is 9.53 Å². The van der Waals surface area contributed by atoms with Crippen LogP contribution in [0.1, 0.15) is 27.2 Å². The maximum atomic E-state index is 11.7. The summed E-state index contributed by atoms with van der Waals surface area (Å²) in [6.07, 6.45) is 0.585. The molecule has 1 aliphatic heterocycles. The van der Waals surface area contributed by atoms with E-state index in [0.29, 0.717) is 12.4 Å². The number of carbonyl (C=O) groups is 1. The predicted molar refractivity (Wildman–Crippen MR) is 58.7 cm³/mol. The number of guanidine groups is 1. The molecular formula is C10H19N3O2. The van der Waals surface area contributed by atoms with E-state index in [1.807, 2.05) is 20.8 Å². The molecule has 5 nitrogen and oxygen atoms in total. The Labute approximate surface area is 90.3 Å². The molecule has 0 aromatic heterocycles. The minimum Gasteiger partial charge on any atom is -0.379 e. The first-order valence-corrected chi connectivity index (χ1v) is 4.94. The smallest absolute Gasteiger partial charge is 0.252 e. The Morgan fingerprint density at radius 1 is 1.53 bits per heavy atom. The number of nitrogens with zero attached hydrogens (tertiary/aromatic N) is 1. The van der Waals surface area contributed by atoms with Gasteiger partial charge in [0.2, 0.25) is 0 Å². The summed E-state index contributed by atoms with van der Waals surface area (Å²) in [6, 6.07) is 0. The van der Waals surface area contributed by atoms with Crippen LogP contribution in [-0.4, -0.2) is 37.2 Å². The highest BCUT2D eigenvalue weighted by Gasteiger charge is 2.44. The van der Waals surface area contributed by atoms with Crippen molar-refractivity contribution in [2.75, 3.05) is 14.2 Å². The van der Waals surface area contributed by atoms with Crippen LogP contribution < -0.4 is 10.6 Å². The largest absolute Gasteiger partial charge is 0.379 e. The number of hydrogen-bond acceptors (Lipinski definition) is 3. The Kier molecular flexibility index (Phi) is 3.04. The molecule has 1 aliphatic rings. The Bertz CT molecular complexity index is 299. The van der Waals surface area contributed by atoms with Gasteiger partial charge in [-0.25, -0.2) is 0 Å². The van der Waals surface area contributed by atoms with E-state index >= 15 is 0 Å². The lowest BCUT2D eigenvalue weighted by atomic mass is 9.88. The molecule has 1 fully saturated rings. The number of aliphatic imine (C=N–C) groups is 1.